The molecule has 4 heteroatoms. The number of allylic oxidation sites excluding steroid dienone is 3. The van der Waals surface area contributed by atoms with Crippen molar-refractivity contribution >= 4 is 0 Å². The van der Waals surface area contributed by atoms with Gasteiger partial charge in [-0.25, -0.2) is 0 Å². The highest BCUT2D eigenvalue weighted by Crippen LogP contribution is 2.41. The van der Waals surface area contributed by atoms with Crippen molar-refractivity contribution in [3.63, 3.8) is 0 Å². The summed E-state index contributed by atoms with van der Waals surface area (Å²) in [6.45, 7) is 3.96. The molecule has 21 heavy (non-hydrogen) atoms. The van der Waals surface area contributed by atoms with Crippen molar-refractivity contribution < 1.29 is 20.4 Å². The maximum atomic E-state index is 9.88. The minimum absolute atomic E-state index is 0.0438. The molecule has 0 bridgehead atoms. The molecule has 0 amide bonds. The normalized spacial score (nSPS) is 25.3. The molecule has 1 aliphatic carbocycles. The molecule has 2 rings (SSSR count). The number of phenolic OH excluding ortho intramolecular Hbond substituents is 2. The highest BCUT2D eigenvalue weighted by molar-refractivity contribution is 5.40. The highest BCUT2D eigenvalue weighted by atomic mass is 16.3. The number of benzene rings is 1. The van der Waals surface area contributed by atoms with E-state index in [-0.39, 0.29) is 34.4 Å². The van der Waals surface area contributed by atoms with E-state index in [2.05, 4.69) is 6.92 Å². The molecule has 2 unspecified atom stereocenters. The summed E-state index contributed by atoms with van der Waals surface area (Å²) in [5, 5.41) is 38.2. The van der Waals surface area contributed by atoms with Gasteiger partial charge in [-0.1, -0.05) is 26.0 Å². The minimum Gasteiger partial charge on any atom is -0.508 e. The quantitative estimate of drug-likeness (QED) is 0.633. The first-order chi connectivity index (χ1) is 9.83. The molecular weight excluding hydrogens is 268 g/mol. The van der Waals surface area contributed by atoms with Gasteiger partial charge in [-0.2, -0.15) is 0 Å². The molecule has 2 atom stereocenters. The van der Waals surface area contributed by atoms with E-state index < -0.39 is 0 Å². The van der Waals surface area contributed by atoms with Crippen molar-refractivity contribution in [1.82, 2.24) is 0 Å². The average Bonchev–Trinajstić information content (AvgIpc) is 2.45. The van der Waals surface area contributed by atoms with Crippen molar-refractivity contribution in [2.45, 2.75) is 33.1 Å². The third kappa shape index (κ3) is 3.15. The van der Waals surface area contributed by atoms with Gasteiger partial charge in [0.2, 0.25) is 0 Å². The van der Waals surface area contributed by atoms with Crippen LogP contribution in [0.4, 0.5) is 0 Å². The lowest BCUT2D eigenvalue weighted by Crippen LogP contribution is -2.28. The maximum absolute atomic E-state index is 9.88. The Kier molecular flexibility index (Phi) is 4.16. The van der Waals surface area contributed by atoms with E-state index in [1.807, 2.05) is 13.0 Å². The molecule has 0 aliphatic heterocycles. The minimum atomic E-state index is -0.199. The number of hydrogen-bond acceptors (Lipinski definition) is 4. The summed E-state index contributed by atoms with van der Waals surface area (Å²) in [6.07, 6.45) is 6.01. The number of aliphatic hydroxyl groups excluding tert-OH is 2. The monoisotopic (exact) mass is 290 g/mol. The van der Waals surface area contributed by atoms with Gasteiger partial charge in [0.05, 0.1) is 0 Å². The van der Waals surface area contributed by atoms with Crippen molar-refractivity contribution in [3.8, 4) is 11.5 Å². The second-order valence-corrected chi connectivity index (χ2v) is 6.01. The number of rotatable bonds is 4. The summed E-state index contributed by atoms with van der Waals surface area (Å²) in [5.74, 6) is -0.350. The zero-order valence-corrected chi connectivity index (χ0v) is 12.4. The molecule has 1 aromatic carbocycles. The Morgan fingerprint density at radius 1 is 1.10 bits per heavy atom. The number of aromatic hydroxyl groups is 2. The van der Waals surface area contributed by atoms with Crippen molar-refractivity contribution in [2.75, 3.05) is 0 Å². The van der Waals surface area contributed by atoms with E-state index in [9.17, 15) is 20.4 Å². The number of hydrogen-bond donors (Lipinski definition) is 4. The SMILES string of the molecule is CC1C(O)=C(O)C=CC1(C)CCCc1ccc(O)c(O)c1. The lowest BCUT2D eigenvalue weighted by molar-refractivity contribution is 0.184. The van der Waals surface area contributed by atoms with Gasteiger partial charge in [-0.3, -0.25) is 0 Å². The molecule has 0 saturated carbocycles. The Morgan fingerprint density at radius 2 is 1.81 bits per heavy atom. The average molecular weight is 290 g/mol. The van der Waals surface area contributed by atoms with Gasteiger partial charge in [-0.15, -0.1) is 0 Å². The van der Waals surface area contributed by atoms with Crippen LogP contribution in [0.5, 0.6) is 11.5 Å². The molecular formula is C17H22O4. The largest absolute Gasteiger partial charge is 0.508 e. The Labute approximate surface area is 124 Å². The number of phenols is 2. The molecule has 1 aliphatic rings. The van der Waals surface area contributed by atoms with Crippen LogP contribution in [0.1, 0.15) is 32.3 Å². The molecule has 4 nitrogen and oxygen atoms in total. The summed E-state index contributed by atoms with van der Waals surface area (Å²) in [7, 11) is 0. The first kappa shape index (κ1) is 15.3. The summed E-state index contributed by atoms with van der Waals surface area (Å²) < 4.78 is 0. The van der Waals surface area contributed by atoms with Crippen LogP contribution in [0.2, 0.25) is 0 Å². The van der Waals surface area contributed by atoms with Gasteiger partial charge >= 0.3 is 0 Å². The van der Waals surface area contributed by atoms with Gasteiger partial charge in [0, 0.05) is 5.92 Å². The van der Waals surface area contributed by atoms with Gasteiger partial charge in [0.25, 0.3) is 0 Å². The maximum Gasteiger partial charge on any atom is 0.157 e. The second kappa shape index (κ2) is 5.72. The molecule has 114 valence electrons. The summed E-state index contributed by atoms with van der Waals surface area (Å²) in [4.78, 5) is 0. The fourth-order valence-corrected chi connectivity index (χ4v) is 2.73. The van der Waals surface area contributed by atoms with Crippen LogP contribution in [0.3, 0.4) is 0 Å². The zero-order chi connectivity index (χ0) is 15.6. The fourth-order valence-electron chi connectivity index (χ4n) is 2.73. The van der Waals surface area contributed by atoms with Crippen molar-refractivity contribution in [1.29, 1.82) is 0 Å². The topological polar surface area (TPSA) is 80.9 Å². The summed E-state index contributed by atoms with van der Waals surface area (Å²) in [5.41, 5.74) is 0.763. The van der Waals surface area contributed by atoms with Crippen LogP contribution in [0.25, 0.3) is 0 Å². The Hall–Kier alpha value is -2.10. The predicted molar refractivity (Wildman–Crippen MR) is 81.4 cm³/mol. The van der Waals surface area contributed by atoms with E-state index in [0.717, 1.165) is 24.8 Å². The summed E-state index contributed by atoms with van der Waals surface area (Å²) >= 11 is 0. The lowest BCUT2D eigenvalue weighted by atomic mass is 9.70. The van der Waals surface area contributed by atoms with Crippen LogP contribution in [-0.4, -0.2) is 20.4 Å². The Morgan fingerprint density at radius 3 is 2.48 bits per heavy atom. The zero-order valence-electron chi connectivity index (χ0n) is 12.4. The van der Waals surface area contributed by atoms with Crippen LogP contribution >= 0.6 is 0 Å². The third-order valence-electron chi connectivity index (χ3n) is 4.50. The van der Waals surface area contributed by atoms with E-state index >= 15 is 0 Å². The van der Waals surface area contributed by atoms with Gasteiger partial charge in [0.15, 0.2) is 17.3 Å². The van der Waals surface area contributed by atoms with Gasteiger partial charge < -0.3 is 20.4 Å². The first-order valence-corrected chi connectivity index (χ1v) is 7.15. The number of aliphatic hydroxyl groups is 2. The molecule has 0 heterocycles. The molecule has 0 radical (unpaired) electrons. The van der Waals surface area contributed by atoms with Gasteiger partial charge in [0.1, 0.15) is 5.76 Å². The van der Waals surface area contributed by atoms with E-state index in [4.69, 9.17) is 0 Å². The first-order valence-electron chi connectivity index (χ1n) is 7.15. The smallest absolute Gasteiger partial charge is 0.157 e. The molecule has 0 aromatic heterocycles. The van der Waals surface area contributed by atoms with Crippen molar-refractivity contribution in [2.24, 2.45) is 11.3 Å². The summed E-state index contributed by atoms with van der Waals surface area (Å²) in [6, 6.07) is 4.85. The Bertz CT molecular complexity index is 588. The molecule has 0 saturated heterocycles. The van der Waals surface area contributed by atoms with E-state index in [0.29, 0.717) is 0 Å². The number of aryl methyl sites for hydroxylation is 1. The third-order valence-corrected chi connectivity index (χ3v) is 4.50. The van der Waals surface area contributed by atoms with E-state index in [1.165, 1.54) is 6.07 Å². The predicted octanol–water partition coefficient (Wildman–Crippen LogP) is 3.96. The highest BCUT2D eigenvalue weighted by Gasteiger charge is 2.34. The van der Waals surface area contributed by atoms with E-state index in [1.54, 1.807) is 18.2 Å². The van der Waals surface area contributed by atoms with Gasteiger partial charge in [-0.05, 0) is 48.4 Å². The molecule has 0 fully saturated rings. The van der Waals surface area contributed by atoms with Crippen LogP contribution in [-0.2, 0) is 6.42 Å². The standard InChI is InChI=1S/C17H22O4/c1-11-16(21)14(19)7-9-17(11,2)8-3-4-12-5-6-13(18)15(20)10-12/h5-7,9-11,18-21H,3-4,8H2,1-2H3. The molecule has 0 spiro atoms. The Balaban J connectivity index is 1.97. The van der Waals surface area contributed by atoms with Crippen LogP contribution in [0.15, 0.2) is 41.9 Å². The van der Waals surface area contributed by atoms with Crippen LogP contribution in [0, 0.1) is 11.3 Å². The van der Waals surface area contributed by atoms with Crippen molar-refractivity contribution in [3.05, 3.63) is 47.4 Å². The fraction of sp³-hybridized carbons (Fsp3) is 0.412. The van der Waals surface area contributed by atoms with Crippen LogP contribution < -0.4 is 0 Å². The molecule has 1 aromatic rings. The second-order valence-electron chi connectivity index (χ2n) is 6.01. The molecule has 4 N–H and O–H groups in total. The lowest BCUT2D eigenvalue weighted by Gasteiger charge is -2.35.